The minimum absolute atomic E-state index is 0.161. The van der Waals surface area contributed by atoms with Crippen molar-refractivity contribution in [2.45, 2.75) is 26.6 Å². The number of carbonyl (C=O) groups excluding carboxylic acids is 1. The minimum atomic E-state index is -0.485. The molecule has 130 valence electrons. The second kappa shape index (κ2) is 7.65. The Morgan fingerprint density at radius 2 is 2.00 bits per heavy atom. The van der Waals surface area contributed by atoms with Crippen LogP contribution >= 0.6 is 0 Å². The summed E-state index contributed by atoms with van der Waals surface area (Å²) in [5, 5.41) is 0. The topological polar surface area (TPSA) is 79.4 Å². The van der Waals surface area contributed by atoms with Gasteiger partial charge >= 0.3 is 5.97 Å². The van der Waals surface area contributed by atoms with E-state index in [0.29, 0.717) is 18.8 Å². The molecule has 0 aliphatic rings. The van der Waals surface area contributed by atoms with Crippen LogP contribution in [0.15, 0.2) is 47.5 Å². The van der Waals surface area contributed by atoms with Crippen LogP contribution in [0.5, 0.6) is 5.75 Å². The van der Waals surface area contributed by atoms with Crippen molar-refractivity contribution < 1.29 is 18.7 Å². The number of rotatable bonds is 7. The highest BCUT2D eigenvalue weighted by molar-refractivity contribution is 5.88. The number of hydrogen-bond donors (Lipinski definition) is 0. The summed E-state index contributed by atoms with van der Waals surface area (Å²) in [6.07, 6.45) is 5.44. The summed E-state index contributed by atoms with van der Waals surface area (Å²) < 4.78 is 18.0. The third-order valence-corrected chi connectivity index (χ3v) is 3.74. The highest BCUT2D eigenvalue weighted by Crippen LogP contribution is 2.15. The zero-order chi connectivity index (χ0) is 17.6. The SMILES string of the molecule is CCc1ocnc1C(=O)OCc1ccc(OCc2nccn2C)cc1. The number of imidazole rings is 1. The standard InChI is InChI=1S/C18H19N3O4/c1-3-15-17(20-12-25-15)18(22)24-10-13-4-6-14(7-5-13)23-11-16-19-8-9-21(16)2/h4-9,12H,3,10-11H2,1-2H3. The second-order valence-corrected chi connectivity index (χ2v) is 5.44. The van der Waals surface area contributed by atoms with E-state index in [-0.39, 0.29) is 12.3 Å². The summed E-state index contributed by atoms with van der Waals surface area (Å²) in [5.41, 5.74) is 1.09. The van der Waals surface area contributed by atoms with Gasteiger partial charge in [0.15, 0.2) is 12.1 Å². The number of oxazole rings is 1. The van der Waals surface area contributed by atoms with E-state index in [1.165, 1.54) is 6.39 Å². The van der Waals surface area contributed by atoms with Gasteiger partial charge in [-0.2, -0.15) is 0 Å². The fraction of sp³-hybridized carbons (Fsp3) is 0.278. The average molecular weight is 341 g/mol. The van der Waals surface area contributed by atoms with Crippen molar-refractivity contribution in [3.05, 3.63) is 65.9 Å². The monoisotopic (exact) mass is 341 g/mol. The van der Waals surface area contributed by atoms with Crippen LogP contribution in [-0.2, 0) is 31.4 Å². The summed E-state index contributed by atoms with van der Waals surface area (Å²) in [6, 6.07) is 7.37. The molecule has 3 rings (SSSR count). The fourth-order valence-electron chi connectivity index (χ4n) is 2.27. The normalized spacial score (nSPS) is 10.6. The lowest BCUT2D eigenvalue weighted by molar-refractivity contribution is 0.0464. The maximum absolute atomic E-state index is 12.0. The quantitative estimate of drug-likeness (QED) is 0.615. The Labute approximate surface area is 145 Å². The van der Waals surface area contributed by atoms with Gasteiger partial charge in [-0.05, 0) is 17.7 Å². The number of carbonyl (C=O) groups is 1. The van der Waals surface area contributed by atoms with Gasteiger partial charge in [-0.25, -0.2) is 14.8 Å². The molecule has 7 nitrogen and oxygen atoms in total. The second-order valence-electron chi connectivity index (χ2n) is 5.44. The first-order chi connectivity index (χ1) is 12.2. The van der Waals surface area contributed by atoms with Crippen molar-refractivity contribution in [2.75, 3.05) is 0 Å². The van der Waals surface area contributed by atoms with Gasteiger partial charge in [0.05, 0.1) is 0 Å². The zero-order valence-corrected chi connectivity index (χ0v) is 14.1. The molecule has 0 aliphatic heterocycles. The molecule has 0 aliphatic carbocycles. The minimum Gasteiger partial charge on any atom is -0.486 e. The lowest BCUT2D eigenvalue weighted by Crippen LogP contribution is -2.08. The first-order valence-electron chi connectivity index (χ1n) is 7.94. The Bertz CT molecular complexity index is 836. The molecule has 0 unspecified atom stereocenters. The first kappa shape index (κ1) is 16.8. The highest BCUT2D eigenvalue weighted by Gasteiger charge is 2.16. The molecule has 0 fully saturated rings. The molecule has 0 N–H and O–H groups in total. The molecule has 2 heterocycles. The third-order valence-electron chi connectivity index (χ3n) is 3.74. The zero-order valence-electron chi connectivity index (χ0n) is 14.1. The van der Waals surface area contributed by atoms with E-state index in [0.717, 1.165) is 17.1 Å². The van der Waals surface area contributed by atoms with Crippen LogP contribution in [-0.4, -0.2) is 20.5 Å². The van der Waals surface area contributed by atoms with Crippen LogP contribution in [0.1, 0.15) is 34.6 Å². The van der Waals surface area contributed by atoms with Gasteiger partial charge in [-0.15, -0.1) is 0 Å². The van der Waals surface area contributed by atoms with Crippen molar-refractivity contribution in [1.82, 2.24) is 14.5 Å². The number of hydrogen-bond acceptors (Lipinski definition) is 6. The molecule has 7 heteroatoms. The van der Waals surface area contributed by atoms with E-state index in [2.05, 4.69) is 9.97 Å². The largest absolute Gasteiger partial charge is 0.486 e. The number of esters is 1. The average Bonchev–Trinajstić information content (AvgIpc) is 3.27. The van der Waals surface area contributed by atoms with Crippen LogP contribution in [0.25, 0.3) is 0 Å². The van der Waals surface area contributed by atoms with E-state index in [1.54, 1.807) is 6.20 Å². The molecule has 0 spiro atoms. The van der Waals surface area contributed by atoms with Gasteiger partial charge in [-0.1, -0.05) is 19.1 Å². The lowest BCUT2D eigenvalue weighted by atomic mass is 10.2. The van der Waals surface area contributed by atoms with Crippen LogP contribution in [0.4, 0.5) is 0 Å². The number of benzene rings is 1. The smallest absolute Gasteiger partial charge is 0.360 e. The lowest BCUT2D eigenvalue weighted by Gasteiger charge is -2.08. The van der Waals surface area contributed by atoms with Gasteiger partial charge in [0, 0.05) is 25.9 Å². The summed E-state index contributed by atoms with van der Waals surface area (Å²) in [5.74, 6) is 1.61. The summed E-state index contributed by atoms with van der Waals surface area (Å²) in [6.45, 7) is 2.44. The van der Waals surface area contributed by atoms with Gasteiger partial charge in [0.2, 0.25) is 0 Å². The predicted molar refractivity (Wildman–Crippen MR) is 89.0 cm³/mol. The van der Waals surface area contributed by atoms with Crippen molar-refractivity contribution in [2.24, 2.45) is 7.05 Å². The molecular formula is C18H19N3O4. The van der Waals surface area contributed by atoms with Gasteiger partial charge in [-0.3, -0.25) is 0 Å². The molecule has 1 aromatic carbocycles. The number of nitrogens with zero attached hydrogens (tertiary/aromatic N) is 3. The van der Waals surface area contributed by atoms with E-state index >= 15 is 0 Å². The molecule has 0 bridgehead atoms. The number of aromatic nitrogens is 3. The molecule has 2 aromatic heterocycles. The van der Waals surface area contributed by atoms with Crippen LogP contribution in [0.2, 0.25) is 0 Å². The molecule has 0 atom stereocenters. The van der Waals surface area contributed by atoms with Crippen LogP contribution < -0.4 is 4.74 Å². The molecule has 0 saturated carbocycles. The van der Waals surface area contributed by atoms with Crippen molar-refractivity contribution in [1.29, 1.82) is 0 Å². The summed E-state index contributed by atoms with van der Waals surface area (Å²) >= 11 is 0. The van der Waals surface area contributed by atoms with E-state index < -0.39 is 5.97 Å². The molecule has 3 aromatic rings. The van der Waals surface area contributed by atoms with Crippen molar-refractivity contribution in [3.8, 4) is 5.75 Å². The molecule has 0 saturated heterocycles. The van der Waals surface area contributed by atoms with Crippen molar-refractivity contribution >= 4 is 5.97 Å². The van der Waals surface area contributed by atoms with Gasteiger partial charge < -0.3 is 18.5 Å². The summed E-state index contributed by atoms with van der Waals surface area (Å²) in [7, 11) is 1.92. The van der Waals surface area contributed by atoms with E-state index in [4.69, 9.17) is 13.9 Å². The molecule has 0 radical (unpaired) electrons. The van der Waals surface area contributed by atoms with Crippen molar-refractivity contribution in [3.63, 3.8) is 0 Å². The molecular weight excluding hydrogens is 322 g/mol. The third kappa shape index (κ3) is 4.06. The Kier molecular flexibility index (Phi) is 5.13. The Morgan fingerprint density at radius 3 is 2.68 bits per heavy atom. The van der Waals surface area contributed by atoms with Crippen LogP contribution in [0, 0.1) is 0 Å². The Hall–Kier alpha value is -3.09. The maximum Gasteiger partial charge on any atom is 0.360 e. The van der Waals surface area contributed by atoms with Gasteiger partial charge in [0.25, 0.3) is 0 Å². The number of aryl methyl sites for hydroxylation is 2. The Morgan fingerprint density at radius 1 is 1.20 bits per heavy atom. The maximum atomic E-state index is 12.0. The highest BCUT2D eigenvalue weighted by atomic mass is 16.5. The molecule has 25 heavy (non-hydrogen) atoms. The van der Waals surface area contributed by atoms with E-state index in [1.807, 2.05) is 49.0 Å². The summed E-state index contributed by atoms with van der Waals surface area (Å²) in [4.78, 5) is 20.1. The fourth-order valence-corrected chi connectivity index (χ4v) is 2.27. The van der Waals surface area contributed by atoms with Gasteiger partial charge in [0.1, 0.15) is 30.5 Å². The van der Waals surface area contributed by atoms with E-state index in [9.17, 15) is 4.79 Å². The predicted octanol–water partition coefficient (Wildman–Crippen LogP) is 2.91. The molecule has 0 amide bonds. The number of ether oxygens (including phenoxy) is 2. The Balaban J connectivity index is 1.52. The van der Waals surface area contributed by atoms with Crippen LogP contribution in [0.3, 0.4) is 0 Å². The first-order valence-corrected chi connectivity index (χ1v) is 7.94.